The van der Waals surface area contributed by atoms with Crippen LogP contribution in [0.5, 0.6) is 0 Å². The maximum atomic E-state index is 12.4. The van der Waals surface area contributed by atoms with Crippen molar-refractivity contribution in [2.24, 2.45) is 0 Å². The molecule has 0 unspecified atom stereocenters. The second-order valence-electron chi connectivity index (χ2n) is 6.74. The zero-order valence-electron chi connectivity index (χ0n) is 14.3. The Hall–Kier alpha value is -2.76. The lowest BCUT2D eigenvalue weighted by molar-refractivity contribution is 0.0452. The van der Waals surface area contributed by atoms with Crippen molar-refractivity contribution in [3.05, 3.63) is 59.2 Å². The summed E-state index contributed by atoms with van der Waals surface area (Å²) in [6.07, 6.45) is 1.63. The Morgan fingerprint density at radius 1 is 1.21 bits per heavy atom. The summed E-state index contributed by atoms with van der Waals surface area (Å²) in [7, 11) is 0. The zero-order chi connectivity index (χ0) is 17.3. The normalized spacial score (nSPS) is 11.7. The zero-order valence-corrected chi connectivity index (χ0v) is 14.3. The van der Waals surface area contributed by atoms with Gasteiger partial charge in [0.2, 0.25) is 0 Å². The average molecular weight is 324 g/mol. The topological polar surface area (TPSA) is 69.4 Å². The van der Waals surface area contributed by atoms with Gasteiger partial charge in [-0.25, -0.2) is 9.31 Å². The molecule has 0 aliphatic heterocycles. The van der Waals surface area contributed by atoms with Crippen molar-refractivity contribution in [2.45, 2.75) is 39.7 Å². The minimum atomic E-state index is -0.542. The number of aryl methyl sites for hydroxylation is 1. The van der Waals surface area contributed by atoms with E-state index in [4.69, 9.17) is 4.74 Å². The molecule has 0 radical (unpaired) electrons. The molecule has 1 aromatic carbocycles. The van der Waals surface area contributed by atoms with E-state index < -0.39 is 5.97 Å². The number of hydrogen-bond acceptors (Lipinski definition) is 5. The smallest absolute Gasteiger partial charge is 0.378 e. The van der Waals surface area contributed by atoms with Gasteiger partial charge in [-0.2, -0.15) is 10.2 Å². The molecule has 124 valence electrons. The fraction of sp³-hybridized carbons (Fsp3) is 0.333. The van der Waals surface area contributed by atoms with Crippen molar-refractivity contribution in [1.82, 2.24) is 19.8 Å². The van der Waals surface area contributed by atoms with Gasteiger partial charge in [0, 0.05) is 5.56 Å². The number of fused-ring (bicyclic) bond motifs is 1. The van der Waals surface area contributed by atoms with Crippen LogP contribution in [0.1, 0.15) is 48.2 Å². The Bertz CT molecular complexity index is 879. The number of benzene rings is 1. The van der Waals surface area contributed by atoms with Crippen LogP contribution in [0.3, 0.4) is 0 Å². The highest BCUT2D eigenvalue weighted by atomic mass is 16.5. The first-order valence-electron chi connectivity index (χ1n) is 7.80. The third kappa shape index (κ3) is 2.99. The molecule has 0 N–H and O–H groups in total. The molecule has 0 saturated carbocycles. The predicted molar refractivity (Wildman–Crippen MR) is 89.8 cm³/mol. The van der Waals surface area contributed by atoms with Gasteiger partial charge in [0.15, 0.2) is 0 Å². The molecule has 2 heterocycles. The van der Waals surface area contributed by atoms with E-state index in [9.17, 15) is 4.79 Å². The largest absolute Gasteiger partial charge is 0.455 e. The van der Waals surface area contributed by atoms with Gasteiger partial charge in [-0.05, 0) is 17.9 Å². The number of carbonyl (C=O) groups excluding carboxylic acids is 1. The Balaban J connectivity index is 1.94. The van der Waals surface area contributed by atoms with E-state index in [1.807, 2.05) is 37.3 Å². The van der Waals surface area contributed by atoms with E-state index in [-0.39, 0.29) is 17.8 Å². The van der Waals surface area contributed by atoms with Gasteiger partial charge < -0.3 is 4.74 Å². The quantitative estimate of drug-likeness (QED) is 0.693. The van der Waals surface area contributed by atoms with E-state index >= 15 is 0 Å². The summed E-state index contributed by atoms with van der Waals surface area (Å²) in [6.45, 7) is 8.41. The van der Waals surface area contributed by atoms with Crippen LogP contribution in [0.25, 0.3) is 5.52 Å². The van der Waals surface area contributed by atoms with E-state index in [1.165, 1.54) is 4.52 Å². The summed E-state index contributed by atoms with van der Waals surface area (Å²) >= 11 is 0. The first-order valence-corrected chi connectivity index (χ1v) is 7.80. The van der Waals surface area contributed by atoms with Gasteiger partial charge in [-0.3, -0.25) is 0 Å². The summed E-state index contributed by atoms with van der Waals surface area (Å²) in [4.78, 5) is 12.4. The first kappa shape index (κ1) is 16.1. The molecule has 0 aliphatic carbocycles. The molecular weight excluding hydrogens is 304 g/mol. The van der Waals surface area contributed by atoms with Crippen molar-refractivity contribution in [3.63, 3.8) is 0 Å². The van der Waals surface area contributed by atoms with Gasteiger partial charge >= 0.3 is 5.97 Å². The summed E-state index contributed by atoms with van der Waals surface area (Å²) in [6, 6.07) is 9.51. The van der Waals surface area contributed by atoms with E-state index in [1.54, 1.807) is 6.20 Å². The van der Waals surface area contributed by atoms with E-state index in [2.05, 4.69) is 36.1 Å². The Morgan fingerprint density at radius 3 is 2.58 bits per heavy atom. The second kappa shape index (κ2) is 6.03. The molecule has 3 aromatic rings. The summed E-state index contributed by atoms with van der Waals surface area (Å²) in [5.74, 6) is -0.457. The average Bonchev–Trinajstić information content (AvgIpc) is 2.89. The number of esters is 1. The van der Waals surface area contributed by atoms with Crippen LogP contribution in [0.4, 0.5) is 0 Å². The van der Waals surface area contributed by atoms with E-state index in [0.29, 0.717) is 0 Å². The number of nitrogens with zero attached hydrogens (tertiary/aromatic N) is 4. The lowest BCUT2D eigenvalue weighted by Crippen LogP contribution is -2.16. The van der Waals surface area contributed by atoms with Crippen LogP contribution in [0.15, 0.2) is 36.5 Å². The lowest BCUT2D eigenvalue weighted by atomic mass is 9.86. The summed E-state index contributed by atoms with van der Waals surface area (Å²) in [5.41, 5.74) is 3.49. The van der Waals surface area contributed by atoms with Crippen molar-refractivity contribution in [3.8, 4) is 0 Å². The van der Waals surface area contributed by atoms with E-state index in [0.717, 1.165) is 22.3 Å². The summed E-state index contributed by atoms with van der Waals surface area (Å²) in [5, 5.41) is 12.4. The molecule has 0 atom stereocenters. The van der Waals surface area contributed by atoms with Crippen LogP contribution in [0.2, 0.25) is 0 Å². The molecule has 0 amide bonds. The molecule has 0 bridgehead atoms. The highest BCUT2D eigenvalue weighted by Crippen LogP contribution is 2.29. The van der Waals surface area contributed by atoms with Crippen molar-refractivity contribution in [1.29, 1.82) is 0 Å². The second-order valence-corrected chi connectivity index (χ2v) is 6.74. The maximum absolute atomic E-state index is 12.4. The van der Waals surface area contributed by atoms with Gasteiger partial charge in [0.05, 0.1) is 17.4 Å². The molecule has 0 saturated heterocycles. The monoisotopic (exact) mass is 324 g/mol. The molecule has 6 nitrogen and oxygen atoms in total. The molecule has 0 aliphatic rings. The minimum Gasteiger partial charge on any atom is -0.455 e. The Kier molecular flexibility index (Phi) is 4.05. The predicted octanol–water partition coefficient (Wildman–Crippen LogP) is 3.09. The molecule has 24 heavy (non-hydrogen) atoms. The number of ether oxygens (including phenoxy) is 1. The van der Waals surface area contributed by atoms with Crippen LogP contribution in [-0.2, 0) is 16.8 Å². The first-order chi connectivity index (χ1) is 11.4. The number of rotatable bonds is 3. The SMILES string of the molecule is Cc1nn2c(C(=O)OCc3ccccc3)nncc2c1C(C)(C)C. The fourth-order valence-corrected chi connectivity index (χ4v) is 2.85. The number of aromatic nitrogens is 4. The third-order valence-corrected chi connectivity index (χ3v) is 3.77. The fourth-order valence-electron chi connectivity index (χ4n) is 2.85. The van der Waals surface area contributed by atoms with Crippen molar-refractivity contribution >= 4 is 11.5 Å². The van der Waals surface area contributed by atoms with Gasteiger partial charge in [0.25, 0.3) is 5.82 Å². The van der Waals surface area contributed by atoms with Gasteiger partial charge in [0.1, 0.15) is 6.61 Å². The van der Waals surface area contributed by atoms with Gasteiger partial charge in [-0.1, -0.05) is 51.1 Å². The summed E-state index contributed by atoms with van der Waals surface area (Å²) < 4.78 is 6.88. The van der Waals surface area contributed by atoms with Gasteiger partial charge in [-0.15, -0.1) is 5.10 Å². The third-order valence-electron chi connectivity index (χ3n) is 3.77. The maximum Gasteiger partial charge on any atom is 0.378 e. The Labute approximate surface area is 140 Å². The molecule has 6 heteroatoms. The van der Waals surface area contributed by atoms with Crippen molar-refractivity contribution in [2.75, 3.05) is 0 Å². The molecule has 0 spiro atoms. The van der Waals surface area contributed by atoms with Crippen molar-refractivity contribution < 1.29 is 9.53 Å². The minimum absolute atomic E-state index is 0.0852. The highest BCUT2D eigenvalue weighted by Gasteiger charge is 2.25. The molecule has 0 fully saturated rings. The van der Waals surface area contributed by atoms with Crippen LogP contribution in [-0.4, -0.2) is 25.8 Å². The van der Waals surface area contributed by atoms with Crippen LogP contribution < -0.4 is 0 Å². The lowest BCUT2D eigenvalue weighted by Gasteiger charge is -2.18. The Morgan fingerprint density at radius 2 is 1.92 bits per heavy atom. The molecule has 3 rings (SSSR count). The number of carbonyl (C=O) groups is 1. The van der Waals surface area contributed by atoms with Crippen LogP contribution >= 0.6 is 0 Å². The molecular formula is C18H20N4O2. The number of hydrogen-bond donors (Lipinski definition) is 0. The molecule has 2 aromatic heterocycles. The standard InChI is InChI=1S/C18H20N4O2/c1-12-15(18(2,3)4)14-10-19-20-16(22(14)21-12)17(23)24-11-13-8-6-5-7-9-13/h5-10H,11H2,1-4H3. The highest BCUT2D eigenvalue weighted by molar-refractivity contribution is 5.86. The van der Waals surface area contributed by atoms with Crippen LogP contribution in [0, 0.1) is 6.92 Å².